The van der Waals surface area contributed by atoms with Crippen molar-refractivity contribution in [1.82, 2.24) is 5.32 Å². The maximum atomic E-state index is 11.9. The maximum absolute atomic E-state index is 11.9. The van der Waals surface area contributed by atoms with Gasteiger partial charge in [-0.1, -0.05) is 48.0 Å². The number of benzene rings is 2. The molecule has 0 aliphatic heterocycles. The zero-order valence-electron chi connectivity index (χ0n) is 13.5. The average Bonchev–Trinajstić information content (AvgIpc) is 2.46. The van der Waals surface area contributed by atoms with E-state index in [4.69, 9.17) is 4.74 Å². The van der Waals surface area contributed by atoms with Crippen LogP contribution in [-0.2, 0) is 11.2 Å². The summed E-state index contributed by atoms with van der Waals surface area (Å²) in [6.45, 7) is 7.07. The molecule has 0 heterocycles. The van der Waals surface area contributed by atoms with E-state index >= 15 is 0 Å². The lowest BCUT2D eigenvalue weighted by atomic mass is 10.1. The summed E-state index contributed by atoms with van der Waals surface area (Å²) in [4.78, 5) is 11.9. The molecule has 0 atom stereocenters. The molecule has 0 unspecified atom stereocenters. The Bertz CT molecular complexity index is 629. The van der Waals surface area contributed by atoms with Crippen LogP contribution in [0.25, 0.3) is 0 Å². The highest BCUT2D eigenvalue weighted by Crippen LogP contribution is 2.21. The normalized spacial score (nSPS) is 10.3. The monoisotopic (exact) mass is 297 g/mol. The van der Waals surface area contributed by atoms with Crippen molar-refractivity contribution in [3.63, 3.8) is 0 Å². The first-order valence-corrected chi connectivity index (χ1v) is 7.57. The molecule has 1 amide bonds. The second-order valence-corrected chi connectivity index (χ2v) is 5.59. The first-order chi connectivity index (χ1) is 10.6. The Morgan fingerprint density at radius 3 is 2.41 bits per heavy atom. The van der Waals surface area contributed by atoms with Crippen molar-refractivity contribution >= 4 is 5.91 Å². The second-order valence-electron chi connectivity index (χ2n) is 5.59. The Kier molecular flexibility index (Phi) is 5.59. The number of nitrogens with one attached hydrogen (secondary N) is 1. The van der Waals surface area contributed by atoms with E-state index in [9.17, 15) is 4.79 Å². The smallest absolute Gasteiger partial charge is 0.224 e. The van der Waals surface area contributed by atoms with Gasteiger partial charge in [0, 0.05) is 0 Å². The molecule has 3 nitrogen and oxygen atoms in total. The first kappa shape index (κ1) is 16.1. The molecule has 0 radical (unpaired) electrons. The van der Waals surface area contributed by atoms with E-state index in [0.717, 1.165) is 22.4 Å². The molecule has 0 saturated heterocycles. The molecule has 2 rings (SSSR count). The number of hydrogen-bond donors (Lipinski definition) is 1. The zero-order chi connectivity index (χ0) is 15.9. The van der Waals surface area contributed by atoms with Crippen LogP contribution in [0.3, 0.4) is 0 Å². The van der Waals surface area contributed by atoms with Gasteiger partial charge in [0.1, 0.15) is 12.4 Å². The van der Waals surface area contributed by atoms with E-state index in [2.05, 4.69) is 5.32 Å². The molecule has 2 aromatic carbocycles. The van der Waals surface area contributed by atoms with Gasteiger partial charge in [0.15, 0.2) is 0 Å². The number of carbonyl (C=O) groups is 1. The van der Waals surface area contributed by atoms with Gasteiger partial charge in [0.2, 0.25) is 5.91 Å². The topological polar surface area (TPSA) is 38.3 Å². The number of hydrogen-bond acceptors (Lipinski definition) is 2. The summed E-state index contributed by atoms with van der Waals surface area (Å²) in [5.74, 6) is 0.936. The van der Waals surface area contributed by atoms with Crippen molar-refractivity contribution in [3.05, 3.63) is 64.7 Å². The molecule has 0 aromatic heterocycles. The van der Waals surface area contributed by atoms with Gasteiger partial charge in [0.05, 0.1) is 13.0 Å². The van der Waals surface area contributed by atoms with Crippen LogP contribution in [0.2, 0.25) is 0 Å². The summed E-state index contributed by atoms with van der Waals surface area (Å²) in [5, 5.41) is 2.90. The van der Waals surface area contributed by atoms with Gasteiger partial charge in [-0.2, -0.15) is 0 Å². The van der Waals surface area contributed by atoms with Crippen LogP contribution in [-0.4, -0.2) is 19.1 Å². The Morgan fingerprint density at radius 2 is 1.73 bits per heavy atom. The van der Waals surface area contributed by atoms with Gasteiger partial charge >= 0.3 is 0 Å². The van der Waals surface area contributed by atoms with Crippen molar-refractivity contribution in [1.29, 1.82) is 0 Å². The molecule has 0 spiro atoms. The highest BCUT2D eigenvalue weighted by atomic mass is 16.5. The highest BCUT2D eigenvalue weighted by Gasteiger charge is 2.05. The number of ether oxygens (including phenoxy) is 1. The number of carbonyl (C=O) groups excluding carboxylic acids is 1. The third-order valence-corrected chi connectivity index (χ3v) is 3.53. The van der Waals surface area contributed by atoms with Crippen LogP contribution in [0.4, 0.5) is 0 Å². The summed E-state index contributed by atoms with van der Waals surface area (Å²) >= 11 is 0. The van der Waals surface area contributed by atoms with Gasteiger partial charge in [-0.05, 0) is 37.5 Å². The average molecular weight is 297 g/mol. The van der Waals surface area contributed by atoms with Gasteiger partial charge in [0.25, 0.3) is 0 Å². The lowest BCUT2D eigenvalue weighted by molar-refractivity contribution is -0.120. The summed E-state index contributed by atoms with van der Waals surface area (Å²) in [7, 11) is 0. The molecule has 3 heteroatoms. The largest absolute Gasteiger partial charge is 0.491 e. The molecule has 0 aliphatic rings. The summed E-state index contributed by atoms with van der Waals surface area (Å²) in [5.41, 5.74) is 4.44. The molecular weight excluding hydrogens is 274 g/mol. The highest BCUT2D eigenvalue weighted by molar-refractivity contribution is 5.78. The minimum absolute atomic E-state index is 0.0238. The minimum Gasteiger partial charge on any atom is -0.491 e. The minimum atomic E-state index is 0.0238. The summed E-state index contributed by atoms with van der Waals surface area (Å²) in [6.07, 6.45) is 0.408. The van der Waals surface area contributed by atoms with E-state index in [0.29, 0.717) is 19.6 Å². The van der Waals surface area contributed by atoms with Crippen molar-refractivity contribution in [3.8, 4) is 5.75 Å². The third kappa shape index (κ3) is 4.62. The lowest BCUT2D eigenvalue weighted by Gasteiger charge is -2.12. The Labute approximate surface area is 132 Å². The molecule has 2 aromatic rings. The van der Waals surface area contributed by atoms with E-state index in [1.807, 2.05) is 63.2 Å². The van der Waals surface area contributed by atoms with Crippen LogP contribution in [0, 0.1) is 20.8 Å². The standard InChI is InChI=1S/C19H23NO2/c1-14-6-4-9-17(12-14)13-18(21)20-10-11-22-19-15(2)7-5-8-16(19)3/h4-9,12H,10-11,13H2,1-3H3,(H,20,21). The van der Waals surface area contributed by atoms with Crippen molar-refractivity contribution in [2.75, 3.05) is 13.2 Å². The predicted octanol–water partition coefficient (Wildman–Crippen LogP) is 3.35. The number of amides is 1. The fourth-order valence-corrected chi connectivity index (χ4v) is 2.44. The first-order valence-electron chi connectivity index (χ1n) is 7.57. The Morgan fingerprint density at radius 1 is 1.05 bits per heavy atom. The second kappa shape index (κ2) is 7.64. The van der Waals surface area contributed by atoms with Crippen LogP contribution < -0.4 is 10.1 Å². The van der Waals surface area contributed by atoms with Crippen LogP contribution in [0.5, 0.6) is 5.75 Å². The fraction of sp³-hybridized carbons (Fsp3) is 0.316. The van der Waals surface area contributed by atoms with Crippen LogP contribution >= 0.6 is 0 Å². The van der Waals surface area contributed by atoms with Gasteiger partial charge in [-0.3, -0.25) is 4.79 Å². The van der Waals surface area contributed by atoms with Crippen molar-refractivity contribution < 1.29 is 9.53 Å². The number of para-hydroxylation sites is 1. The number of rotatable bonds is 6. The Balaban J connectivity index is 1.76. The zero-order valence-corrected chi connectivity index (χ0v) is 13.5. The van der Waals surface area contributed by atoms with Crippen LogP contribution in [0.1, 0.15) is 22.3 Å². The molecule has 0 fully saturated rings. The van der Waals surface area contributed by atoms with Gasteiger partial charge in [-0.25, -0.2) is 0 Å². The fourth-order valence-electron chi connectivity index (χ4n) is 2.44. The lowest BCUT2D eigenvalue weighted by Crippen LogP contribution is -2.29. The molecule has 116 valence electrons. The molecule has 22 heavy (non-hydrogen) atoms. The van der Waals surface area contributed by atoms with E-state index in [1.54, 1.807) is 0 Å². The Hall–Kier alpha value is -2.29. The van der Waals surface area contributed by atoms with Gasteiger partial charge in [-0.15, -0.1) is 0 Å². The van der Waals surface area contributed by atoms with Crippen molar-refractivity contribution in [2.24, 2.45) is 0 Å². The molecule has 0 aliphatic carbocycles. The summed E-state index contributed by atoms with van der Waals surface area (Å²) in [6, 6.07) is 14.1. The van der Waals surface area contributed by atoms with Crippen LogP contribution in [0.15, 0.2) is 42.5 Å². The third-order valence-electron chi connectivity index (χ3n) is 3.53. The molecule has 0 saturated carbocycles. The van der Waals surface area contributed by atoms with E-state index in [1.165, 1.54) is 5.56 Å². The molecule has 0 bridgehead atoms. The molecule has 1 N–H and O–H groups in total. The van der Waals surface area contributed by atoms with E-state index in [-0.39, 0.29) is 5.91 Å². The van der Waals surface area contributed by atoms with Crippen molar-refractivity contribution in [2.45, 2.75) is 27.2 Å². The summed E-state index contributed by atoms with van der Waals surface area (Å²) < 4.78 is 5.77. The van der Waals surface area contributed by atoms with Gasteiger partial charge < -0.3 is 10.1 Å². The predicted molar refractivity (Wildman–Crippen MR) is 89.3 cm³/mol. The van der Waals surface area contributed by atoms with E-state index < -0.39 is 0 Å². The maximum Gasteiger partial charge on any atom is 0.224 e. The molecular formula is C19H23NO2. The SMILES string of the molecule is Cc1cccc(CC(=O)NCCOc2c(C)cccc2C)c1. The number of aryl methyl sites for hydroxylation is 3. The quantitative estimate of drug-likeness (QED) is 0.830.